The number of carboxylic acids is 1. The van der Waals surface area contributed by atoms with Gasteiger partial charge in [-0.3, -0.25) is 4.98 Å². The van der Waals surface area contributed by atoms with E-state index in [0.717, 1.165) is 24.3 Å². The second-order valence-electron chi connectivity index (χ2n) is 5.45. The van der Waals surface area contributed by atoms with Gasteiger partial charge in [0.05, 0.1) is 0 Å². The molecule has 96 valence electrons. The van der Waals surface area contributed by atoms with Gasteiger partial charge in [-0.1, -0.05) is 6.42 Å². The smallest absolute Gasteiger partial charge is 0.326 e. The van der Waals surface area contributed by atoms with Gasteiger partial charge in [0.25, 0.3) is 0 Å². The maximum Gasteiger partial charge on any atom is 0.326 e. The van der Waals surface area contributed by atoms with Crippen LogP contribution in [0.25, 0.3) is 0 Å². The second kappa shape index (κ2) is 4.26. The SMILES string of the molecule is Cc1cc(N2CC3CCCC3C2C(=O)O)ccn1. The minimum absolute atomic E-state index is 0.330. The van der Waals surface area contributed by atoms with Crippen molar-refractivity contribution < 1.29 is 9.90 Å². The molecule has 0 radical (unpaired) electrons. The van der Waals surface area contributed by atoms with E-state index in [-0.39, 0.29) is 6.04 Å². The topological polar surface area (TPSA) is 53.4 Å². The summed E-state index contributed by atoms with van der Waals surface area (Å²) in [6, 6.07) is 3.56. The summed E-state index contributed by atoms with van der Waals surface area (Å²) in [4.78, 5) is 17.8. The van der Waals surface area contributed by atoms with Crippen molar-refractivity contribution in [2.45, 2.75) is 32.2 Å². The average molecular weight is 246 g/mol. The van der Waals surface area contributed by atoms with Crippen LogP contribution in [0.5, 0.6) is 0 Å². The van der Waals surface area contributed by atoms with Crippen molar-refractivity contribution in [1.82, 2.24) is 4.98 Å². The molecular weight excluding hydrogens is 228 g/mol. The van der Waals surface area contributed by atoms with E-state index in [1.807, 2.05) is 19.1 Å². The molecule has 0 aromatic carbocycles. The highest BCUT2D eigenvalue weighted by molar-refractivity contribution is 5.79. The molecule has 1 aromatic rings. The van der Waals surface area contributed by atoms with Crippen molar-refractivity contribution in [1.29, 1.82) is 0 Å². The first kappa shape index (κ1) is 11.5. The van der Waals surface area contributed by atoms with Gasteiger partial charge in [0.2, 0.25) is 0 Å². The molecule has 3 rings (SSSR count). The highest BCUT2D eigenvalue weighted by Crippen LogP contribution is 2.43. The summed E-state index contributed by atoms with van der Waals surface area (Å²) in [6.45, 7) is 2.82. The third kappa shape index (κ3) is 1.76. The van der Waals surface area contributed by atoms with Gasteiger partial charge < -0.3 is 10.0 Å². The van der Waals surface area contributed by atoms with Crippen molar-refractivity contribution >= 4 is 11.7 Å². The van der Waals surface area contributed by atoms with E-state index in [2.05, 4.69) is 9.88 Å². The lowest BCUT2D eigenvalue weighted by Crippen LogP contribution is -2.39. The Morgan fingerprint density at radius 3 is 3.06 bits per heavy atom. The fourth-order valence-corrected chi connectivity index (χ4v) is 3.60. The minimum atomic E-state index is -0.682. The zero-order valence-corrected chi connectivity index (χ0v) is 10.5. The Hall–Kier alpha value is -1.58. The van der Waals surface area contributed by atoms with Gasteiger partial charge in [-0.15, -0.1) is 0 Å². The number of aryl methyl sites for hydroxylation is 1. The molecule has 2 aliphatic rings. The number of fused-ring (bicyclic) bond motifs is 1. The number of rotatable bonds is 2. The maximum absolute atomic E-state index is 11.6. The summed E-state index contributed by atoms with van der Waals surface area (Å²) in [5, 5.41) is 9.50. The van der Waals surface area contributed by atoms with Crippen molar-refractivity contribution in [3.63, 3.8) is 0 Å². The molecule has 2 heterocycles. The van der Waals surface area contributed by atoms with Crippen LogP contribution in [0.2, 0.25) is 0 Å². The van der Waals surface area contributed by atoms with E-state index in [0.29, 0.717) is 11.8 Å². The lowest BCUT2D eigenvalue weighted by molar-refractivity contribution is -0.139. The first-order chi connectivity index (χ1) is 8.66. The van der Waals surface area contributed by atoms with Gasteiger partial charge in [0.15, 0.2) is 0 Å². The minimum Gasteiger partial charge on any atom is -0.480 e. The van der Waals surface area contributed by atoms with Gasteiger partial charge >= 0.3 is 5.97 Å². The third-order valence-corrected chi connectivity index (χ3v) is 4.36. The molecule has 1 saturated carbocycles. The fraction of sp³-hybridized carbons (Fsp3) is 0.571. The van der Waals surface area contributed by atoms with Crippen LogP contribution in [0.1, 0.15) is 25.0 Å². The average Bonchev–Trinajstić information content (AvgIpc) is 2.87. The quantitative estimate of drug-likeness (QED) is 0.868. The summed E-state index contributed by atoms with van der Waals surface area (Å²) >= 11 is 0. The number of anilines is 1. The Balaban J connectivity index is 1.94. The van der Waals surface area contributed by atoms with Crippen molar-refractivity contribution in [3.05, 3.63) is 24.0 Å². The van der Waals surface area contributed by atoms with Crippen molar-refractivity contribution in [2.75, 3.05) is 11.4 Å². The molecule has 3 atom stereocenters. The van der Waals surface area contributed by atoms with E-state index >= 15 is 0 Å². The largest absolute Gasteiger partial charge is 0.480 e. The molecule has 0 bridgehead atoms. The van der Waals surface area contributed by atoms with Crippen molar-refractivity contribution in [2.24, 2.45) is 11.8 Å². The molecular formula is C14H18N2O2. The number of carbonyl (C=O) groups is 1. The van der Waals surface area contributed by atoms with Crippen LogP contribution in [-0.4, -0.2) is 28.6 Å². The summed E-state index contributed by atoms with van der Waals surface area (Å²) in [6.07, 6.45) is 5.18. The fourth-order valence-electron chi connectivity index (χ4n) is 3.60. The van der Waals surface area contributed by atoms with E-state index in [9.17, 15) is 9.90 Å². The second-order valence-corrected chi connectivity index (χ2v) is 5.45. The summed E-state index contributed by atoms with van der Waals surface area (Å²) < 4.78 is 0. The predicted octanol–water partition coefficient (Wildman–Crippen LogP) is 2.08. The number of hydrogen-bond acceptors (Lipinski definition) is 3. The molecule has 1 aromatic heterocycles. The van der Waals surface area contributed by atoms with Crippen LogP contribution in [0.4, 0.5) is 5.69 Å². The number of hydrogen-bond donors (Lipinski definition) is 1. The number of aliphatic carboxylic acids is 1. The summed E-state index contributed by atoms with van der Waals surface area (Å²) in [5.41, 5.74) is 1.94. The third-order valence-electron chi connectivity index (χ3n) is 4.36. The zero-order chi connectivity index (χ0) is 12.7. The van der Waals surface area contributed by atoms with Crippen LogP contribution in [0.3, 0.4) is 0 Å². The molecule has 4 heteroatoms. The van der Waals surface area contributed by atoms with E-state index in [4.69, 9.17) is 0 Å². The zero-order valence-electron chi connectivity index (χ0n) is 10.5. The molecule has 1 N–H and O–H groups in total. The highest BCUT2D eigenvalue weighted by atomic mass is 16.4. The highest BCUT2D eigenvalue weighted by Gasteiger charge is 2.47. The first-order valence-corrected chi connectivity index (χ1v) is 6.59. The Bertz CT molecular complexity index is 475. The maximum atomic E-state index is 11.6. The normalized spacial score (nSPS) is 30.5. The van der Waals surface area contributed by atoms with Crippen LogP contribution in [0, 0.1) is 18.8 Å². The van der Waals surface area contributed by atoms with Crippen LogP contribution in [0.15, 0.2) is 18.3 Å². The monoisotopic (exact) mass is 246 g/mol. The van der Waals surface area contributed by atoms with Crippen LogP contribution in [-0.2, 0) is 4.79 Å². The molecule has 1 aliphatic heterocycles. The Kier molecular flexibility index (Phi) is 2.73. The lowest BCUT2D eigenvalue weighted by atomic mass is 9.94. The lowest BCUT2D eigenvalue weighted by Gasteiger charge is -2.26. The Morgan fingerprint density at radius 2 is 2.33 bits per heavy atom. The van der Waals surface area contributed by atoms with Gasteiger partial charge in [0, 0.05) is 24.1 Å². The molecule has 0 spiro atoms. The van der Waals surface area contributed by atoms with E-state index in [1.165, 1.54) is 12.8 Å². The number of nitrogens with zero attached hydrogens (tertiary/aromatic N) is 2. The molecule has 4 nitrogen and oxygen atoms in total. The molecule has 0 amide bonds. The number of pyridine rings is 1. The van der Waals surface area contributed by atoms with Crippen LogP contribution < -0.4 is 4.90 Å². The van der Waals surface area contributed by atoms with Crippen LogP contribution >= 0.6 is 0 Å². The molecule has 2 fully saturated rings. The molecule has 1 saturated heterocycles. The Morgan fingerprint density at radius 1 is 1.50 bits per heavy atom. The summed E-state index contributed by atoms with van der Waals surface area (Å²) in [7, 11) is 0. The molecule has 18 heavy (non-hydrogen) atoms. The standard InChI is InChI=1S/C14H18N2O2/c1-9-7-11(5-6-15-9)16-8-10-3-2-4-12(10)13(16)14(17)18/h5-7,10,12-13H,2-4,8H2,1H3,(H,17,18). The molecule has 1 aliphatic carbocycles. The summed E-state index contributed by atoms with van der Waals surface area (Å²) in [5.74, 6) is 0.203. The first-order valence-electron chi connectivity index (χ1n) is 6.59. The van der Waals surface area contributed by atoms with Crippen molar-refractivity contribution in [3.8, 4) is 0 Å². The molecule has 3 unspecified atom stereocenters. The van der Waals surface area contributed by atoms with E-state index in [1.54, 1.807) is 6.20 Å². The van der Waals surface area contributed by atoms with Gasteiger partial charge in [0.1, 0.15) is 6.04 Å². The number of carboxylic acid groups (broad SMARTS) is 1. The van der Waals surface area contributed by atoms with Gasteiger partial charge in [-0.25, -0.2) is 4.79 Å². The van der Waals surface area contributed by atoms with Gasteiger partial charge in [-0.2, -0.15) is 0 Å². The van der Waals surface area contributed by atoms with Gasteiger partial charge in [-0.05, 0) is 43.7 Å². The number of aromatic nitrogens is 1. The Labute approximate surface area is 107 Å². The van der Waals surface area contributed by atoms with E-state index < -0.39 is 5.97 Å². The predicted molar refractivity (Wildman–Crippen MR) is 68.6 cm³/mol.